The number of benzene rings is 1. The van der Waals surface area contributed by atoms with Crippen LogP contribution in [0.5, 0.6) is 0 Å². The van der Waals surface area contributed by atoms with E-state index in [1.807, 2.05) is 0 Å². The molecule has 0 atom stereocenters. The van der Waals surface area contributed by atoms with Gasteiger partial charge in [-0.15, -0.1) is 0 Å². The lowest BCUT2D eigenvalue weighted by Crippen LogP contribution is -1.97. The zero-order chi connectivity index (χ0) is 11.5. The molecule has 0 radical (unpaired) electrons. The summed E-state index contributed by atoms with van der Waals surface area (Å²) in [5, 5.41) is 4.11. The second kappa shape index (κ2) is 4.55. The third-order valence-electron chi connectivity index (χ3n) is 1.87. The molecule has 1 aromatic heterocycles. The minimum absolute atomic E-state index is 0.368. The molecule has 0 fully saturated rings. The lowest BCUT2D eigenvalue weighted by atomic mass is 10.3. The van der Waals surface area contributed by atoms with Gasteiger partial charge < -0.3 is 11.1 Å². The van der Waals surface area contributed by atoms with Crippen LogP contribution in [0.3, 0.4) is 0 Å². The molecular formula is C10H8Cl2N4. The molecule has 16 heavy (non-hydrogen) atoms. The van der Waals surface area contributed by atoms with E-state index in [1.165, 1.54) is 12.4 Å². The summed E-state index contributed by atoms with van der Waals surface area (Å²) < 4.78 is 0. The quantitative estimate of drug-likeness (QED) is 0.865. The highest BCUT2D eigenvalue weighted by molar-refractivity contribution is 6.36. The monoisotopic (exact) mass is 254 g/mol. The van der Waals surface area contributed by atoms with Gasteiger partial charge in [0.15, 0.2) is 0 Å². The minimum Gasteiger partial charge on any atom is -0.382 e. The van der Waals surface area contributed by atoms with Gasteiger partial charge >= 0.3 is 0 Å². The van der Waals surface area contributed by atoms with Crippen LogP contribution < -0.4 is 11.1 Å². The van der Waals surface area contributed by atoms with Crippen molar-refractivity contribution in [1.82, 2.24) is 9.97 Å². The Balaban J connectivity index is 2.23. The molecule has 3 N–H and O–H groups in total. The van der Waals surface area contributed by atoms with Gasteiger partial charge in [-0.3, -0.25) is 0 Å². The van der Waals surface area contributed by atoms with E-state index in [4.69, 9.17) is 28.9 Å². The van der Waals surface area contributed by atoms with E-state index in [0.717, 1.165) is 0 Å². The Kier molecular flexibility index (Phi) is 3.12. The molecular weight excluding hydrogens is 247 g/mol. The summed E-state index contributed by atoms with van der Waals surface area (Å²) in [4.78, 5) is 7.95. The van der Waals surface area contributed by atoms with Crippen molar-refractivity contribution in [3.8, 4) is 0 Å². The average molecular weight is 255 g/mol. The first-order valence-corrected chi connectivity index (χ1v) is 5.20. The van der Waals surface area contributed by atoms with Gasteiger partial charge in [-0.2, -0.15) is 0 Å². The fourth-order valence-corrected chi connectivity index (χ4v) is 1.59. The predicted molar refractivity (Wildman–Crippen MR) is 66.2 cm³/mol. The van der Waals surface area contributed by atoms with Crippen molar-refractivity contribution in [3.05, 3.63) is 40.6 Å². The Morgan fingerprint density at radius 3 is 2.56 bits per heavy atom. The molecule has 6 heteroatoms. The molecule has 0 aliphatic carbocycles. The molecule has 0 saturated carbocycles. The maximum absolute atomic E-state index is 5.99. The van der Waals surface area contributed by atoms with Crippen molar-refractivity contribution in [2.45, 2.75) is 0 Å². The summed E-state index contributed by atoms with van der Waals surface area (Å²) >= 11 is 11.8. The number of hydrogen-bond acceptors (Lipinski definition) is 4. The molecule has 4 nitrogen and oxygen atoms in total. The molecule has 0 spiro atoms. The van der Waals surface area contributed by atoms with E-state index >= 15 is 0 Å². The van der Waals surface area contributed by atoms with Gasteiger partial charge in [0.1, 0.15) is 11.6 Å². The molecule has 0 amide bonds. The predicted octanol–water partition coefficient (Wildman–Crippen LogP) is 3.11. The van der Waals surface area contributed by atoms with Crippen molar-refractivity contribution in [1.29, 1.82) is 0 Å². The van der Waals surface area contributed by atoms with Crippen LogP contribution in [0.4, 0.5) is 17.3 Å². The van der Waals surface area contributed by atoms with Gasteiger partial charge in [-0.25, -0.2) is 9.97 Å². The highest BCUT2D eigenvalue weighted by atomic mass is 35.5. The van der Waals surface area contributed by atoms with Crippen LogP contribution in [0.2, 0.25) is 10.0 Å². The lowest BCUT2D eigenvalue weighted by Gasteiger charge is -2.07. The first kappa shape index (κ1) is 11.0. The zero-order valence-corrected chi connectivity index (χ0v) is 9.63. The summed E-state index contributed by atoms with van der Waals surface area (Å²) in [5.41, 5.74) is 6.14. The number of aromatic nitrogens is 2. The van der Waals surface area contributed by atoms with Gasteiger partial charge in [-0.1, -0.05) is 23.2 Å². The van der Waals surface area contributed by atoms with Gasteiger partial charge in [0.25, 0.3) is 0 Å². The second-order valence-corrected chi connectivity index (χ2v) is 3.92. The highest BCUT2D eigenvalue weighted by Crippen LogP contribution is 2.27. The van der Waals surface area contributed by atoms with Crippen LogP contribution >= 0.6 is 23.2 Å². The average Bonchev–Trinajstić information content (AvgIpc) is 2.25. The molecule has 0 aliphatic heterocycles. The molecule has 2 rings (SSSR count). The third-order valence-corrected chi connectivity index (χ3v) is 2.41. The zero-order valence-electron chi connectivity index (χ0n) is 8.11. The highest BCUT2D eigenvalue weighted by Gasteiger charge is 2.02. The van der Waals surface area contributed by atoms with Crippen LogP contribution in [-0.2, 0) is 0 Å². The van der Waals surface area contributed by atoms with Gasteiger partial charge in [0, 0.05) is 5.02 Å². The standard InChI is InChI=1S/C10H8Cl2N4/c11-6-1-2-8(7(12)3-6)16-10-5-14-9(13)4-15-10/h1-5H,(H2,13,14)(H,15,16). The third kappa shape index (κ3) is 2.53. The Labute approximate surface area is 102 Å². The summed E-state index contributed by atoms with van der Waals surface area (Å²) in [6.45, 7) is 0. The number of rotatable bonds is 2. The van der Waals surface area contributed by atoms with E-state index in [9.17, 15) is 0 Å². The Hall–Kier alpha value is -1.52. The van der Waals surface area contributed by atoms with Crippen LogP contribution in [0.1, 0.15) is 0 Å². The van der Waals surface area contributed by atoms with Crippen LogP contribution in [0.15, 0.2) is 30.6 Å². The molecule has 0 saturated heterocycles. The Morgan fingerprint density at radius 2 is 1.94 bits per heavy atom. The topological polar surface area (TPSA) is 63.8 Å². The van der Waals surface area contributed by atoms with E-state index in [-0.39, 0.29) is 0 Å². The largest absolute Gasteiger partial charge is 0.382 e. The summed E-state index contributed by atoms with van der Waals surface area (Å²) in [6.07, 6.45) is 2.99. The molecule has 1 heterocycles. The number of anilines is 3. The van der Waals surface area contributed by atoms with Crippen molar-refractivity contribution in [2.24, 2.45) is 0 Å². The fourth-order valence-electron chi connectivity index (χ4n) is 1.13. The number of nitrogens with two attached hydrogens (primary N) is 1. The molecule has 82 valence electrons. The van der Waals surface area contributed by atoms with Gasteiger partial charge in [0.05, 0.1) is 23.1 Å². The number of halogens is 2. The summed E-state index contributed by atoms with van der Waals surface area (Å²) in [6, 6.07) is 5.15. The van der Waals surface area contributed by atoms with Crippen LogP contribution in [0, 0.1) is 0 Å². The van der Waals surface area contributed by atoms with E-state index in [0.29, 0.717) is 27.4 Å². The normalized spacial score (nSPS) is 10.1. The maximum atomic E-state index is 5.99. The Bertz CT molecular complexity index is 499. The van der Waals surface area contributed by atoms with E-state index < -0.39 is 0 Å². The van der Waals surface area contributed by atoms with Gasteiger partial charge in [0.2, 0.25) is 0 Å². The minimum atomic E-state index is 0.368. The van der Waals surface area contributed by atoms with Crippen molar-refractivity contribution < 1.29 is 0 Å². The smallest absolute Gasteiger partial charge is 0.149 e. The number of nitrogens with one attached hydrogen (secondary N) is 1. The number of nitrogens with zero attached hydrogens (tertiary/aromatic N) is 2. The number of hydrogen-bond donors (Lipinski definition) is 2. The van der Waals surface area contributed by atoms with E-state index in [1.54, 1.807) is 18.2 Å². The molecule has 0 bridgehead atoms. The first-order chi connectivity index (χ1) is 7.65. The molecule has 1 aromatic carbocycles. The summed E-state index contributed by atoms with van der Waals surface area (Å²) in [7, 11) is 0. The Morgan fingerprint density at radius 1 is 1.12 bits per heavy atom. The first-order valence-electron chi connectivity index (χ1n) is 4.45. The molecule has 0 unspecified atom stereocenters. The van der Waals surface area contributed by atoms with Crippen LogP contribution in [-0.4, -0.2) is 9.97 Å². The van der Waals surface area contributed by atoms with Crippen molar-refractivity contribution in [2.75, 3.05) is 11.1 Å². The fraction of sp³-hybridized carbons (Fsp3) is 0. The van der Waals surface area contributed by atoms with Crippen molar-refractivity contribution >= 4 is 40.5 Å². The van der Waals surface area contributed by atoms with Gasteiger partial charge in [-0.05, 0) is 18.2 Å². The number of nitrogen functional groups attached to an aromatic ring is 1. The van der Waals surface area contributed by atoms with Crippen LogP contribution in [0.25, 0.3) is 0 Å². The molecule has 0 aliphatic rings. The molecule has 2 aromatic rings. The maximum Gasteiger partial charge on any atom is 0.149 e. The lowest BCUT2D eigenvalue weighted by molar-refractivity contribution is 1.21. The summed E-state index contributed by atoms with van der Waals surface area (Å²) in [5.74, 6) is 0.936. The SMILES string of the molecule is Nc1cnc(Nc2ccc(Cl)cc2Cl)cn1. The second-order valence-electron chi connectivity index (χ2n) is 3.08. The van der Waals surface area contributed by atoms with E-state index in [2.05, 4.69) is 15.3 Å². The van der Waals surface area contributed by atoms with Crippen molar-refractivity contribution in [3.63, 3.8) is 0 Å².